The van der Waals surface area contributed by atoms with Crippen molar-refractivity contribution in [2.75, 3.05) is 19.6 Å². The largest absolute Gasteiger partial charge is 0.338 e. The Kier molecular flexibility index (Phi) is 4.52. The van der Waals surface area contributed by atoms with Gasteiger partial charge in [0.1, 0.15) is 0 Å². The van der Waals surface area contributed by atoms with Crippen LogP contribution in [0.25, 0.3) is 10.8 Å². The molecule has 3 nitrogen and oxygen atoms in total. The smallest absolute Gasteiger partial charge is 0.222 e. The lowest BCUT2D eigenvalue weighted by atomic mass is 10.1. The highest BCUT2D eigenvalue weighted by Gasteiger charge is 2.27. The Balaban J connectivity index is 1.45. The van der Waals surface area contributed by atoms with Gasteiger partial charge in [0.15, 0.2) is 0 Å². The standard InChI is InChI=1S/C21H26N2O/c24-21-10-9-20(22-12-3-4-13-22)11-14-23(21)16-17-7-8-18-5-1-2-6-19(18)15-17/h1-2,5-8,15,20H,3-4,9-14,16H2. The normalized spacial score (nSPS) is 22.9. The van der Waals surface area contributed by atoms with Gasteiger partial charge in [-0.2, -0.15) is 0 Å². The molecule has 3 heteroatoms. The van der Waals surface area contributed by atoms with Crippen molar-refractivity contribution in [3.8, 4) is 0 Å². The highest BCUT2D eigenvalue weighted by molar-refractivity contribution is 5.83. The van der Waals surface area contributed by atoms with Crippen molar-refractivity contribution in [1.82, 2.24) is 9.80 Å². The molecule has 0 bridgehead atoms. The molecule has 2 aliphatic heterocycles. The third kappa shape index (κ3) is 3.32. The molecule has 2 aliphatic rings. The number of fused-ring (bicyclic) bond motifs is 1. The van der Waals surface area contributed by atoms with E-state index in [0.717, 1.165) is 25.9 Å². The van der Waals surface area contributed by atoms with Gasteiger partial charge in [-0.1, -0.05) is 36.4 Å². The van der Waals surface area contributed by atoms with E-state index in [9.17, 15) is 4.79 Å². The van der Waals surface area contributed by atoms with Gasteiger partial charge in [0.25, 0.3) is 0 Å². The maximum Gasteiger partial charge on any atom is 0.222 e. The van der Waals surface area contributed by atoms with Gasteiger partial charge in [-0.05, 0) is 61.2 Å². The summed E-state index contributed by atoms with van der Waals surface area (Å²) in [6.07, 6.45) is 5.51. The number of likely N-dealkylation sites (tertiary alicyclic amines) is 2. The summed E-state index contributed by atoms with van der Waals surface area (Å²) in [7, 11) is 0. The number of rotatable bonds is 3. The van der Waals surface area contributed by atoms with Crippen LogP contribution in [-0.4, -0.2) is 41.4 Å². The van der Waals surface area contributed by atoms with Gasteiger partial charge in [-0.25, -0.2) is 0 Å². The van der Waals surface area contributed by atoms with Crippen molar-refractivity contribution in [1.29, 1.82) is 0 Å². The summed E-state index contributed by atoms with van der Waals surface area (Å²) in [6, 6.07) is 15.6. The molecule has 1 unspecified atom stereocenters. The number of benzene rings is 2. The first-order valence-electron chi connectivity index (χ1n) is 9.29. The predicted molar refractivity (Wildman–Crippen MR) is 97.8 cm³/mol. The number of hydrogen-bond acceptors (Lipinski definition) is 2. The van der Waals surface area contributed by atoms with E-state index in [4.69, 9.17) is 0 Å². The molecule has 0 radical (unpaired) electrons. The van der Waals surface area contributed by atoms with Crippen molar-refractivity contribution >= 4 is 16.7 Å². The summed E-state index contributed by atoms with van der Waals surface area (Å²) < 4.78 is 0. The molecule has 1 atom stereocenters. The van der Waals surface area contributed by atoms with Crippen LogP contribution in [0.3, 0.4) is 0 Å². The van der Waals surface area contributed by atoms with Crippen molar-refractivity contribution in [2.45, 2.75) is 44.7 Å². The van der Waals surface area contributed by atoms with Gasteiger partial charge in [0.05, 0.1) is 0 Å². The Hall–Kier alpha value is -1.87. The van der Waals surface area contributed by atoms with Gasteiger partial charge in [-0.15, -0.1) is 0 Å². The first-order chi connectivity index (χ1) is 11.8. The molecular formula is C21H26N2O. The van der Waals surface area contributed by atoms with Gasteiger partial charge >= 0.3 is 0 Å². The summed E-state index contributed by atoms with van der Waals surface area (Å²) in [5.41, 5.74) is 1.24. The van der Waals surface area contributed by atoms with Crippen LogP contribution < -0.4 is 0 Å². The van der Waals surface area contributed by atoms with Gasteiger partial charge in [-0.3, -0.25) is 4.79 Å². The Bertz CT molecular complexity index is 721. The van der Waals surface area contributed by atoms with E-state index in [1.54, 1.807) is 0 Å². The van der Waals surface area contributed by atoms with Crippen LogP contribution in [-0.2, 0) is 11.3 Å². The lowest BCUT2D eigenvalue weighted by molar-refractivity contribution is -0.131. The Labute approximate surface area is 144 Å². The Morgan fingerprint density at radius 1 is 0.917 bits per heavy atom. The van der Waals surface area contributed by atoms with E-state index < -0.39 is 0 Å². The summed E-state index contributed by atoms with van der Waals surface area (Å²) in [4.78, 5) is 17.2. The highest BCUT2D eigenvalue weighted by Crippen LogP contribution is 2.23. The first kappa shape index (κ1) is 15.6. The lowest BCUT2D eigenvalue weighted by Gasteiger charge is -2.26. The molecule has 4 rings (SSSR count). The summed E-state index contributed by atoms with van der Waals surface area (Å²) in [6.45, 7) is 4.09. The topological polar surface area (TPSA) is 23.6 Å². The van der Waals surface area contributed by atoms with Gasteiger partial charge in [0, 0.05) is 25.6 Å². The molecule has 2 saturated heterocycles. The van der Waals surface area contributed by atoms with E-state index in [1.807, 2.05) is 0 Å². The third-order valence-electron chi connectivity index (χ3n) is 5.62. The van der Waals surface area contributed by atoms with Crippen molar-refractivity contribution in [2.24, 2.45) is 0 Å². The van der Waals surface area contributed by atoms with Crippen LogP contribution in [0.15, 0.2) is 42.5 Å². The molecule has 0 aromatic heterocycles. The molecule has 24 heavy (non-hydrogen) atoms. The zero-order valence-electron chi connectivity index (χ0n) is 14.3. The molecule has 0 saturated carbocycles. The quantitative estimate of drug-likeness (QED) is 0.858. The van der Waals surface area contributed by atoms with Crippen molar-refractivity contribution in [3.63, 3.8) is 0 Å². The fraction of sp³-hybridized carbons (Fsp3) is 0.476. The minimum absolute atomic E-state index is 0.324. The van der Waals surface area contributed by atoms with E-state index in [0.29, 0.717) is 18.4 Å². The van der Waals surface area contributed by atoms with Crippen LogP contribution in [0.1, 0.15) is 37.7 Å². The Morgan fingerprint density at radius 2 is 1.71 bits per heavy atom. The van der Waals surface area contributed by atoms with E-state index in [-0.39, 0.29) is 0 Å². The minimum atomic E-state index is 0.324. The minimum Gasteiger partial charge on any atom is -0.338 e. The number of carbonyl (C=O) groups is 1. The number of amides is 1. The fourth-order valence-corrected chi connectivity index (χ4v) is 4.22. The van der Waals surface area contributed by atoms with Crippen molar-refractivity contribution < 1.29 is 4.79 Å². The van der Waals surface area contributed by atoms with Gasteiger partial charge in [0.2, 0.25) is 5.91 Å². The summed E-state index contributed by atoms with van der Waals surface area (Å²) in [5.74, 6) is 0.324. The van der Waals surface area contributed by atoms with Crippen LogP contribution in [0.4, 0.5) is 0 Å². The monoisotopic (exact) mass is 322 g/mol. The zero-order valence-corrected chi connectivity index (χ0v) is 14.3. The fourth-order valence-electron chi connectivity index (χ4n) is 4.22. The summed E-state index contributed by atoms with van der Waals surface area (Å²) >= 11 is 0. The molecule has 1 amide bonds. The molecule has 2 aromatic carbocycles. The average Bonchev–Trinajstić information content (AvgIpc) is 3.08. The SMILES string of the molecule is O=C1CCC(N2CCCC2)CCN1Cc1ccc2ccccc2c1. The Morgan fingerprint density at radius 3 is 2.54 bits per heavy atom. The van der Waals surface area contributed by atoms with E-state index >= 15 is 0 Å². The summed E-state index contributed by atoms with van der Waals surface area (Å²) in [5, 5.41) is 2.52. The van der Waals surface area contributed by atoms with E-state index in [1.165, 1.54) is 42.3 Å². The second kappa shape index (κ2) is 6.94. The lowest BCUT2D eigenvalue weighted by Crippen LogP contribution is -2.34. The third-order valence-corrected chi connectivity index (χ3v) is 5.62. The number of hydrogen-bond donors (Lipinski definition) is 0. The molecule has 0 spiro atoms. The molecule has 2 aromatic rings. The highest BCUT2D eigenvalue weighted by atomic mass is 16.2. The molecule has 2 fully saturated rings. The van der Waals surface area contributed by atoms with Crippen LogP contribution in [0, 0.1) is 0 Å². The second-order valence-electron chi connectivity index (χ2n) is 7.22. The zero-order chi connectivity index (χ0) is 16.4. The molecule has 126 valence electrons. The first-order valence-corrected chi connectivity index (χ1v) is 9.29. The molecular weight excluding hydrogens is 296 g/mol. The maximum absolute atomic E-state index is 12.6. The molecule has 0 N–H and O–H groups in total. The van der Waals surface area contributed by atoms with E-state index in [2.05, 4.69) is 52.3 Å². The maximum atomic E-state index is 12.6. The number of nitrogens with zero attached hydrogens (tertiary/aromatic N) is 2. The van der Waals surface area contributed by atoms with Crippen LogP contribution >= 0.6 is 0 Å². The van der Waals surface area contributed by atoms with Gasteiger partial charge < -0.3 is 9.80 Å². The van der Waals surface area contributed by atoms with Crippen LogP contribution in [0.2, 0.25) is 0 Å². The molecule has 0 aliphatic carbocycles. The predicted octanol–water partition coefficient (Wildman–Crippen LogP) is 3.82. The van der Waals surface area contributed by atoms with Crippen molar-refractivity contribution in [3.05, 3.63) is 48.0 Å². The van der Waals surface area contributed by atoms with Crippen LogP contribution in [0.5, 0.6) is 0 Å². The number of carbonyl (C=O) groups excluding carboxylic acids is 1. The molecule has 2 heterocycles. The average molecular weight is 322 g/mol. The second-order valence-corrected chi connectivity index (χ2v) is 7.22.